The molecule has 0 bridgehead atoms. The van der Waals surface area contributed by atoms with Crippen LogP contribution in [-0.4, -0.2) is 113 Å². The van der Waals surface area contributed by atoms with Gasteiger partial charge in [0, 0.05) is 62.7 Å². The molecule has 1 spiro atoms. The summed E-state index contributed by atoms with van der Waals surface area (Å²) in [5.74, 6) is -1.98. The lowest BCUT2D eigenvalue weighted by molar-refractivity contribution is -0.136. The molecular weight excluding hydrogens is 781 g/mol. The minimum atomic E-state index is -1.10. The Labute approximate surface area is 344 Å². The van der Waals surface area contributed by atoms with Gasteiger partial charge in [0.2, 0.25) is 11.8 Å². The number of carbonyl (C=O) groups excluding carboxylic acids is 5. The van der Waals surface area contributed by atoms with Crippen molar-refractivity contribution in [2.24, 2.45) is 5.41 Å². The highest BCUT2D eigenvalue weighted by Gasteiger charge is 2.50. The second-order valence-corrected chi connectivity index (χ2v) is 17.1. The summed E-state index contributed by atoms with van der Waals surface area (Å²) >= 11 is 6.14. The van der Waals surface area contributed by atoms with Gasteiger partial charge in [0.15, 0.2) is 11.5 Å². The number of imide groups is 2. The maximum atomic E-state index is 15.5. The van der Waals surface area contributed by atoms with E-state index in [9.17, 15) is 24.0 Å². The topological polar surface area (TPSA) is 181 Å². The van der Waals surface area contributed by atoms with E-state index in [1.807, 2.05) is 17.0 Å². The highest BCUT2D eigenvalue weighted by Crippen LogP contribution is 2.43. The van der Waals surface area contributed by atoms with Crippen LogP contribution in [0.2, 0.25) is 5.02 Å². The summed E-state index contributed by atoms with van der Waals surface area (Å²) in [6, 6.07) is 12.5. The van der Waals surface area contributed by atoms with E-state index in [-0.39, 0.29) is 58.8 Å². The van der Waals surface area contributed by atoms with Crippen molar-refractivity contribution in [2.45, 2.75) is 82.0 Å². The molecule has 2 N–H and O–H groups in total. The van der Waals surface area contributed by atoms with Crippen molar-refractivity contribution in [2.75, 3.05) is 49.1 Å². The van der Waals surface area contributed by atoms with E-state index >= 15 is 4.39 Å². The van der Waals surface area contributed by atoms with Crippen LogP contribution in [0.4, 0.5) is 15.9 Å². The maximum Gasteiger partial charge on any atom is 0.272 e. The highest BCUT2D eigenvalue weighted by atomic mass is 35.5. The fourth-order valence-electron chi connectivity index (χ4n) is 9.71. The number of hydrogen-bond acceptors (Lipinski definition) is 12. The Bertz CT molecular complexity index is 2260. The molecule has 3 aromatic rings. The predicted octanol–water partition coefficient (Wildman–Crippen LogP) is 3.84. The minimum Gasteiger partial charge on any atom is -0.490 e. The van der Waals surface area contributed by atoms with Gasteiger partial charge in [0.05, 0.1) is 33.5 Å². The van der Waals surface area contributed by atoms with E-state index in [2.05, 4.69) is 30.6 Å². The number of nitriles is 1. The maximum absolute atomic E-state index is 15.5. The van der Waals surface area contributed by atoms with Crippen LogP contribution in [0.15, 0.2) is 42.5 Å². The SMILES string of the molecule is N#Cc1ccc(OC2CCC(NC(=O)c3ccc(N4CC5(CCN(C6CCN(c7cc8c(cc7F)C(=O)N(C7CCC(=O)NC7=O)C8=O)CC6)C5)C4)nn3)CC2)cc1Cl. The van der Waals surface area contributed by atoms with Gasteiger partial charge in [0.1, 0.15) is 23.7 Å². The molecule has 1 unspecified atom stereocenters. The summed E-state index contributed by atoms with van der Waals surface area (Å²) in [6.07, 6.45) is 5.86. The normalized spacial score (nSPS) is 24.5. The Morgan fingerprint density at radius 1 is 0.898 bits per heavy atom. The third-order valence-corrected chi connectivity index (χ3v) is 13.2. The second-order valence-electron chi connectivity index (χ2n) is 16.7. The van der Waals surface area contributed by atoms with E-state index in [0.717, 1.165) is 87.9 Å². The summed E-state index contributed by atoms with van der Waals surface area (Å²) < 4.78 is 21.6. The molecule has 1 atom stereocenters. The first-order chi connectivity index (χ1) is 28.5. The summed E-state index contributed by atoms with van der Waals surface area (Å²) in [4.78, 5) is 71.1. The first kappa shape index (κ1) is 38.8. The van der Waals surface area contributed by atoms with Crippen LogP contribution in [0.1, 0.15) is 94.6 Å². The first-order valence-electron chi connectivity index (χ1n) is 20.3. The van der Waals surface area contributed by atoms with Crippen molar-refractivity contribution in [3.05, 3.63) is 75.7 Å². The van der Waals surface area contributed by atoms with Crippen molar-refractivity contribution < 1.29 is 33.1 Å². The standard InChI is InChI=1S/C42H43ClFN9O6/c43-31-17-28(4-1-24(31)20-45)59-27-5-2-25(3-6-27)46-38(55)33-7-9-36(49-48-33)52-22-42(23-52)13-16-51(21-42)26-11-14-50(15-12-26)35-19-30-29(18-32(35)44)40(57)53(41(30)58)34-8-10-37(54)47-39(34)56/h1,4,7,9,17-19,25-27,34H,2-3,5-6,8,10-16,21-23H2,(H,46,55)(H,47,54,56). The van der Waals surface area contributed by atoms with Crippen LogP contribution < -0.4 is 25.2 Å². The number of piperidine rings is 2. The number of halogens is 2. The minimum absolute atomic E-state index is 0.00570. The summed E-state index contributed by atoms with van der Waals surface area (Å²) in [7, 11) is 0. The third kappa shape index (κ3) is 7.46. The van der Waals surface area contributed by atoms with Crippen LogP contribution in [-0.2, 0) is 9.59 Å². The zero-order valence-electron chi connectivity index (χ0n) is 32.3. The smallest absolute Gasteiger partial charge is 0.272 e. The van der Waals surface area contributed by atoms with E-state index < -0.39 is 35.5 Å². The molecule has 15 nitrogen and oxygen atoms in total. The second kappa shape index (κ2) is 15.5. The average molecular weight is 824 g/mol. The number of likely N-dealkylation sites (tertiary alicyclic amines) is 1. The van der Waals surface area contributed by atoms with Gasteiger partial charge in [-0.25, -0.2) is 4.39 Å². The quantitative estimate of drug-likeness (QED) is 0.314. The lowest BCUT2D eigenvalue weighted by atomic mass is 9.79. The molecular formula is C42H43ClFN9O6. The van der Waals surface area contributed by atoms with Gasteiger partial charge < -0.3 is 19.9 Å². The van der Waals surface area contributed by atoms with Crippen molar-refractivity contribution >= 4 is 52.6 Å². The van der Waals surface area contributed by atoms with Crippen LogP contribution in [0.25, 0.3) is 0 Å². The molecule has 59 heavy (non-hydrogen) atoms. The number of nitrogens with zero attached hydrogens (tertiary/aromatic N) is 7. The van der Waals surface area contributed by atoms with Gasteiger partial charge in [-0.1, -0.05) is 11.6 Å². The number of anilines is 2. The Kier molecular flexibility index (Phi) is 10.2. The number of hydrogen-bond donors (Lipinski definition) is 2. The molecule has 0 radical (unpaired) electrons. The van der Waals surface area contributed by atoms with Crippen LogP contribution >= 0.6 is 11.6 Å². The molecule has 5 aliphatic heterocycles. The molecule has 5 amide bonds. The number of amides is 5. The monoisotopic (exact) mass is 823 g/mol. The molecule has 4 saturated heterocycles. The van der Waals surface area contributed by atoms with Gasteiger partial charge in [-0.15, -0.1) is 10.2 Å². The number of rotatable bonds is 8. The number of ether oxygens (including phenoxy) is 1. The van der Waals surface area contributed by atoms with Gasteiger partial charge in [-0.05, 0) is 94.3 Å². The highest BCUT2D eigenvalue weighted by molar-refractivity contribution is 6.31. The van der Waals surface area contributed by atoms with Crippen molar-refractivity contribution in [1.29, 1.82) is 5.26 Å². The molecule has 1 saturated carbocycles. The van der Waals surface area contributed by atoms with Crippen molar-refractivity contribution in [3.8, 4) is 11.8 Å². The summed E-state index contributed by atoms with van der Waals surface area (Å²) in [5.41, 5.74) is 1.12. The average Bonchev–Trinajstić information content (AvgIpc) is 3.77. The molecule has 2 aromatic carbocycles. The molecule has 1 aliphatic carbocycles. The van der Waals surface area contributed by atoms with Gasteiger partial charge in [0.25, 0.3) is 17.7 Å². The fourth-order valence-corrected chi connectivity index (χ4v) is 9.92. The largest absolute Gasteiger partial charge is 0.490 e. The number of aromatic nitrogens is 2. The summed E-state index contributed by atoms with van der Waals surface area (Å²) in [6.45, 7) is 4.82. The summed E-state index contributed by atoms with van der Waals surface area (Å²) in [5, 5.41) is 23.4. The Morgan fingerprint density at radius 2 is 1.64 bits per heavy atom. The molecule has 6 heterocycles. The Morgan fingerprint density at radius 3 is 2.32 bits per heavy atom. The lowest BCUT2D eigenvalue weighted by Gasteiger charge is -2.49. The molecule has 6 aliphatic rings. The van der Waals surface area contributed by atoms with Gasteiger partial charge >= 0.3 is 0 Å². The fraction of sp³-hybridized carbons (Fsp3) is 0.476. The Hall–Kier alpha value is -5.66. The molecule has 1 aromatic heterocycles. The van der Waals surface area contributed by atoms with Gasteiger partial charge in [-0.2, -0.15) is 5.26 Å². The van der Waals surface area contributed by atoms with Gasteiger partial charge in [-0.3, -0.25) is 39.1 Å². The van der Waals surface area contributed by atoms with E-state index in [0.29, 0.717) is 35.5 Å². The number of nitrogens with one attached hydrogen (secondary N) is 2. The van der Waals surface area contributed by atoms with Crippen molar-refractivity contribution in [3.63, 3.8) is 0 Å². The zero-order valence-corrected chi connectivity index (χ0v) is 33.0. The number of benzene rings is 2. The molecule has 306 valence electrons. The van der Waals surface area contributed by atoms with E-state index in [1.165, 1.54) is 6.07 Å². The Balaban J connectivity index is 0.725. The molecule has 17 heteroatoms. The first-order valence-corrected chi connectivity index (χ1v) is 20.7. The van der Waals surface area contributed by atoms with Crippen LogP contribution in [0, 0.1) is 22.6 Å². The van der Waals surface area contributed by atoms with E-state index in [4.69, 9.17) is 21.6 Å². The van der Waals surface area contributed by atoms with E-state index in [1.54, 1.807) is 24.3 Å². The lowest BCUT2D eigenvalue weighted by Crippen LogP contribution is -2.58. The van der Waals surface area contributed by atoms with Crippen molar-refractivity contribution in [1.82, 2.24) is 30.6 Å². The molecule has 5 fully saturated rings. The predicted molar refractivity (Wildman–Crippen MR) is 211 cm³/mol. The number of carbonyl (C=O) groups is 5. The van der Waals surface area contributed by atoms with Crippen LogP contribution in [0.3, 0.4) is 0 Å². The van der Waals surface area contributed by atoms with Crippen LogP contribution in [0.5, 0.6) is 5.75 Å². The third-order valence-electron chi connectivity index (χ3n) is 12.9. The zero-order chi connectivity index (χ0) is 41.0. The molecule has 9 rings (SSSR count). The number of fused-ring (bicyclic) bond motifs is 1.